The van der Waals surface area contributed by atoms with Crippen molar-refractivity contribution in [1.29, 1.82) is 0 Å². The van der Waals surface area contributed by atoms with Crippen LogP contribution in [0.1, 0.15) is 19.4 Å². The van der Waals surface area contributed by atoms with E-state index in [9.17, 15) is 4.39 Å². The highest BCUT2D eigenvalue weighted by Crippen LogP contribution is 2.08. The first-order chi connectivity index (χ1) is 7.09. The van der Waals surface area contributed by atoms with Crippen molar-refractivity contribution in [1.82, 2.24) is 5.32 Å². The molecule has 3 heteroatoms. The summed E-state index contributed by atoms with van der Waals surface area (Å²) in [5, 5.41) is 12.2. The van der Waals surface area contributed by atoms with E-state index in [1.54, 1.807) is 19.1 Å². The minimum atomic E-state index is -0.368. The molecule has 1 aromatic carbocycles. The lowest BCUT2D eigenvalue weighted by atomic mass is 10.1. The van der Waals surface area contributed by atoms with Crippen LogP contribution in [0.4, 0.5) is 4.39 Å². The van der Waals surface area contributed by atoms with Gasteiger partial charge in [0.15, 0.2) is 0 Å². The van der Waals surface area contributed by atoms with Gasteiger partial charge in [-0.05, 0) is 31.9 Å². The minimum Gasteiger partial charge on any atom is -0.392 e. The minimum absolute atomic E-state index is 0.163. The summed E-state index contributed by atoms with van der Waals surface area (Å²) in [6, 6.07) is 6.94. The summed E-state index contributed by atoms with van der Waals surface area (Å²) in [5.74, 6) is -0.164. The molecule has 1 rings (SSSR count). The maximum Gasteiger partial charge on any atom is 0.126 e. The second kappa shape index (κ2) is 5.83. The molecule has 0 aromatic heterocycles. The average Bonchev–Trinajstić information content (AvgIpc) is 2.18. The molecular formula is C12H18FNO. The molecule has 2 atom stereocenters. The Hall–Kier alpha value is -0.930. The van der Waals surface area contributed by atoms with E-state index >= 15 is 0 Å². The van der Waals surface area contributed by atoms with Crippen molar-refractivity contribution in [2.24, 2.45) is 0 Å². The van der Waals surface area contributed by atoms with Crippen LogP contribution in [0.3, 0.4) is 0 Å². The smallest absolute Gasteiger partial charge is 0.126 e. The molecule has 0 fully saturated rings. The summed E-state index contributed by atoms with van der Waals surface area (Å²) in [4.78, 5) is 0. The summed E-state index contributed by atoms with van der Waals surface area (Å²) in [6.07, 6.45) is 0.271. The van der Waals surface area contributed by atoms with Crippen LogP contribution >= 0.6 is 0 Å². The van der Waals surface area contributed by atoms with Gasteiger partial charge in [-0.25, -0.2) is 4.39 Å². The molecule has 2 nitrogen and oxygen atoms in total. The number of nitrogens with one attached hydrogen (secondary N) is 1. The second-order valence-corrected chi connectivity index (χ2v) is 3.95. The Labute approximate surface area is 90.1 Å². The molecule has 0 bridgehead atoms. The van der Waals surface area contributed by atoms with Gasteiger partial charge < -0.3 is 10.4 Å². The van der Waals surface area contributed by atoms with Crippen molar-refractivity contribution in [3.05, 3.63) is 35.6 Å². The van der Waals surface area contributed by atoms with Gasteiger partial charge in [0.05, 0.1) is 6.10 Å². The highest BCUT2D eigenvalue weighted by Gasteiger charge is 2.07. The number of benzene rings is 1. The predicted octanol–water partition coefficient (Wildman–Crippen LogP) is 1.73. The lowest BCUT2D eigenvalue weighted by Gasteiger charge is -2.15. The molecule has 0 heterocycles. The Morgan fingerprint density at radius 2 is 2.00 bits per heavy atom. The summed E-state index contributed by atoms with van der Waals surface area (Å²) in [7, 11) is 0. The largest absolute Gasteiger partial charge is 0.392 e. The molecule has 0 radical (unpaired) electrons. The molecule has 2 N–H and O–H groups in total. The van der Waals surface area contributed by atoms with Crippen molar-refractivity contribution in [2.75, 3.05) is 6.54 Å². The van der Waals surface area contributed by atoms with Crippen LogP contribution in [0.15, 0.2) is 24.3 Å². The van der Waals surface area contributed by atoms with Crippen molar-refractivity contribution in [3.8, 4) is 0 Å². The SMILES string of the molecule is CC(O)CNC(C)Cc1ccccc1F. The maximum absolute atomic E-state index is 13.3. The van der Waals surface area contributed by atoms with Gasteiger partial charge in [-0.2, -0.15) is 0 Å². The highest BCUT2D eigenvalue weighted by atomic mass is 19.1. The van der Waals surface area contributed by atoms with Gasteiger partial charge >= 0.3 is 0 Å². The van der Waals surface area contributed by atoms with Gasteiger partial charge in [0.2, 0.25) is 0 Å². The fraction of sp³-hybridized carbons (Fsp3) is 0.500. The van der Waals surface area contributed by atoms with Crippen LogP contribution in [0.5, 0.6) is 0 Å². The van der Waals surface area contributed by atoms with E-state index in [0.717, 1.165) is 0 Å². The zero-order valence-corrected chi connectivity index (χ0v) is 9.20. The maximum atomic E-state index is 13.3. The Morgan fingerprint density at radius 1 is 1.33 bits per heavy atom. The standard InChI is InChI=1S/C12H18FNO/c1-9(14-8-10(2)15)7-11-5-3-4-6-12(11)13/h3-6,9-10,14-15H,7-8H2,1-2H3. The van der Waals surface area contributed by atoms with Gasteiger partial charge in [-0.3, -0.25) is 0 Å². The predicted molar refractivity (Wildman–Crippen MR) is 59.2 cm³/mol. The summed E-state index contributed by atoms with van der Waals surface area (Å²) in [5.41, 5.74) is 0.711. The van der Waals surface area contributed by atoms with E-state index in [-0.39, 0.29) is 18.0 Å². The molecule has 0 spiro atoms. The number of hydrogen-bond acceptors (Lipinski definition) is 2. The van der Waals surface area contributed by atoms with Crippen LogP contribution in [0.2, 0.25) is 0 Å². The Balaban J connectivity index is 2.44. The number of hydrogen-bond donors (Lipinski definition) is 2. The van der Waals surface area contributed by atoms with E-state index in [1.807, 2.05) is 13.0 Å². The van der Waals surface area contributed by atoms with Crippen molar-refractivity contribution >= 4 is 0 Å². The van der Waals surface area contributed by atoms with E-state index in [4.69, 9.17) is 5.11 Å². The first kappa shape index (κ1) is 12.1. The Kier molecular flexibility index (Phi) is 4.72. The molecule has 0 amide bonds. The number of aliphatic hydroxyl groups excluding tert-OH is 1. The molecule has 0 saturated carbocycles. The summed E-state index contributed by atoms with van der Waals surface area (Å²) >= 11 is 0. The van der Waals surface area contributed by atoms with Crippen LogP contribution in [0, 0.1) is 5.82 Å². The quantitative estimate of drug-likeness (QED) is 0.777. The van der Waals surface area contributed by atoms with E-state index in [0.29, 0.717) is 18.5 Å². The fourth-order valence-electron chi connectivity index (χ4n) is 1.44. The normalized spacial score (nSPS) is 14.9. The van der Waals surface area contributed by atoms with Gasteiger partial charge in [0.1, 0.15) is 5.82 Å². The molecule has 0 aliphatic rings. The lowest BCUT2D eigenvalue weighted by Crippen LogP contribution is -2.34. The second-order valence-electron chi connectivity index (χ2n) is 3.95. The van der Waals surface area contributed by atoms with Crippen LogP contribution < -0.4 is 5.32 Å². The number of aliphatic hydroxyl groups is 1. The van der Waals surface area contributed by atoms with Crippen molar-refractivity contribution in [2.45, 2.75) is 32.4 Å². The molecule has 0 aliphatic heterocycles. The molecule has 2 unspecified atom stereocenters. The van der Waals surface area contributed by atoms with Crippen LogP contribution in [-0.2, 0) is 6.42 Å². The summed E-state index contributed by atoms with van der Waals surface area (Å²) in [6.45, 7) is 4.24. The first-order valence-corrected chi connectivity index (χ1v) is 5.24. The monoisotopic (exact) mass is 211 g/mol. The Bertz CT molecular complexity index is 301. The highest BCUT2D eigenvalue weighted by molar-refractivity contribution is 5.18. The topological polar surface area (TPSA) is 32.3 Å². The number of halogens is 1. The van der Waals surface area contributed by atoms with Gasteiger partial charge in [-0.1, -0.05) is 18.2 Å². The van der Waals surface area contributed by atoms with Crippen LogP contribution in [0.25, 0.3) is 0 Å². The molecule has 84 valence electrons. The average molecular weight is 211 g/mol. The fourth-order valence-corrected chi connectivity index (χ4v) is 1.44. The van der Waals surface area contributed by atoms with E-state index in [2.05, 4.69) is 5.32 Å². The first-order valence-electron chi connectivity index (χ1n) is 5.24. The van der Waals surface area contributed by atoms with Crippen LogP contribution in [-0.4, -0.2) is 23.8 Å². The van der Waals surface area contributed by atoms with Crippen molar-refractivity contribution < 1.29 is 9.50 Å². The van der Waals surface area contributed by atoms with Gasteiger partial charge in [0, 0.05) is 12.6 Å². The molecule has 1 aromatic rings. The third-order valence-electron chi connectivity index (χ3n) is 2.25. The third kappa shape index (κ3) is 4.40. The zero-order chi connectivity index (χ0) is 11.3. The molecule has 0 saturated heterocycles. The van der Waals surface area contributed by atoms with E-state index in [1.165, 1.54) is 6.07 Å². The summed E-state index contributed by atoms with van der Waals surface area (Å²) < 4.78 is 13.3. The lowest BCUT2D eigenvalue weighted by molar-refractivity contribution is 0.187. The molecular weight excluding hydrogens is 193 g/mol. The molecule has 0 aliphatic carbocycles. The molecule has 15 heavy (non-hydrogen) atoms. The van der Waals surface area contributed by atoms with Gasteiger partial charge in [-0.15, -0.1) is 0 Å². The van der Waals surface area contributed by atoms with Gasteiger partial charge in [0.25, 0.3) is 0 Å². The third-order valence-corrected chi connectivity index (χ3v) is 2.25. The zero-order valence-electron chi connectivity index (χ0n) is 9.20. The Morgan fingerprint density at radius 3 is 2.60 bits per heavy atom. The number of rotatable bonds is 5. The van der Waals surface area contributed by atoms with E-state index < -0.39 is 0 Å². The van der Waals surface area contributed by atoms with Crippen molar-refractivity contribution in [3.63, 3.8) is 0 Å².